The molecular weight excluding hydrogens is 326 g/mol. The number of nitro benzene ring substituents is 1. The first-order chi connectivity index (χ1) is 10.5. The van der Waals surface area contributed by atoms with Gasteiger partial charge in [0.05, 0.1) is 20.9 Å². The Balaban J connectivity index is 1.89. The van der Waals surface area contributed by atoms with Crippen molar-refractivity contribution in [1.82, 2.24) is 10.3 Å². The van der Waals surface area contributed by atoms with E-state index in [2.05, 4.69) is 10.3 Å². The molecule has 22 heavy (non-hydrogen) atoms. The summed E-state index contributed by atoms with van der Waals surface area (Å²) in [6.45, 7) is 1.64. The van der Waals surface area contributed by atoms with E-state index >= 15 is 0 Å². The van der Waals surface area contributed by atoms with E-state index < -0.39 is 14.8 Å². The van der Waals surface area contributed by atoms with Gasteiger partial charge in [-0.1, -0.05) is 0 Å². The van der Waals surface area contributed by atoms with E-state index in [9.17, 15) is 18.5 Å². The number of thiazole rings is 1. The summed E-state index contributed by atoms with van der Waals surface area (Å²) in [5.74, 6) is 0.169. The summed E-state index contributed by atoms with van der Waals surface area (Å²) in [5.41, 5.74) is 0.276. The number of nitro groups is 1. The van der Waals surface area contributed by atoms with E-state index in [1.54, 1.807) is 6.07 Å². The third kappa shape index (κ3) is 3.11. The number of nitrogens with zero attached hydrogens (tertiary/aromatic N) is 2. The standard InChI is InChI=1S/C13H15N3O4S2/c17-16(18)10-3-4-12-11(6-10)15-13(21-12)22(19,20)8-9-2-1-5-14-7-9/h3-4,6,9,14H,1-2,5,7-8H2/t9-/m1/s1. The summed E-state index contributed by atoms with van der Waals surface area (Å²) in [7, 11) is -3.46. The Morgan fingerprint density at radius 2 is 2.27 bits per heavy atom. The molecule has 0 bridgehead atoms. The van der Waals surface area contributed by atoms with Gasteiger partial charge in [0.25, 0.3) is 5.69 Å². The number of sulfone groups is 1. The van der Waals surface area contributed by atoms with E-state index in [1.165, 1.54) is 12.1 Å². The molecule has 1 aromatic heterocycles. The first-order valence-electron chi connectivity index (χ1n) is 6.94. The maximum absolute atomic E-state index is 12.5. The van der Waals surface area contributed by atoms with Crippen LogP contribution in [0.2, 0.25) is 0 Å². The van der Waals surface area contributed by atoms with E-state index in [0.29, 0.717) is 16.8 Å². The van der Waals surface area contributed by atoms with Crippen molar-refractivity contribution in [1.29, 1.82) is 0 Å². The second-order valence-electron chi connectivity index (χ2n) is 5.38. The second-order valence-corrected chi connectivity index (χ2v) is 8.62. The van der Waals surface area contributed by atoms with Crippen LogP contribution in [-0.2, 0) is 9.84 Å². The van der Waals surface area contributed by atoms with Gasteiger partial charge in [0.15, 0.2) is 0 Å². The number of piperidine rings is 1. The Bertz CT molecular complexity index is 810. The fourth-order valence-electron chi connectivity index (χ4n) is 2.59. The molecule has 1 atom stereocenters. The minimum Gasteiger partial charge on any atom is -0.316 e. The molecule has 1 saturated heterocycles. The van der Waals surface area contributed by atoms with Crippen LogP contribution in [0.3, 0.4) is 0 Å². The van der Waals surface area contributed by atoms with Crippen molar-refractivity contribution >= 4 is 37.1 Å². The maximum atomic E-state index is 12.5. The highest BCUT2D eigenvalue weighted by Crippen LogP contribution is 2.30. The Morgan fingerprint density at radius 3 is 2.95 bits per heavy atom. The number of hydrogen-bond acceptors (Lipinski definition) is 7. The van der Waals surface area contributed by atoms with Crippen molar-refractivity contribution in [2.75, 3.05) is 18.8 Å². The average molecular weight is 341 g/mol. The monoisotopic (exact) mass is 341 g/mol. The Morgan fingerprint density at radius 1 is 1.45 bits per heavy atom. The molecule has 1 aliphatic heterocycles. The van der Waals surface area contributed by atoms with Gasteiger partial charge >= 0.3 is 0 Å². The van der Waals surface area contributed by atoms with Crippen molar-refractivity contribution in [3.05, 3.63) is 28.3 Å². The summed E-state index contributed by atoms with van der Waals surface area (Å²) < 4.78 is 25.6. The third-order valence-corrected chi connectivity index (χ3v) is 7.06. The number of fused-ring (bicyclic) bond motifs is 1. The molecule has 1 aliphatic rings. The van der Waals surface area contributed by atoms with Crippen molar-refractivity contribution in [2.45, 2.75) is 17.2 Å². The molecule has 118 valence electrons. The molecule has 0 amide bonds. The molecular formula is C13H15N3O4S2. The SMILES string of the molecule is O=[N+]([O-])c1ccc2sc(S(=O)(=O)C[C@@H]3CCCNC3)nc2c1. The molecule has 7 nitrogen and oxygen atoms in total. The van der Waals surface area contributed by atoms with Gasteiger partial charge in [-0.15, -0.1) is 11.3 Å². The van der Waals surface area contributed by atoms with Gasteiger partial charge in [0, 0.05) is 12.1 Å². The molecule has 0 unspecified atom stereocenters. The summed E-state index contributed by atoms with van der Waals surface area (Å²) >= 11 is 1.07. The van der Waals surface area contributed by atoms with Gasteiger partial charge < -0.3 is 5.32 Å². The van der Waals surface area contributed by atoms with Crippen LogP contribution in [0.15, 0.2) is 22.5 Å². The normalized spacial score (nSPS) is 19.4. The van der Waals surface area contributed by atoms with Gasteiger partial charge in [-0.3, -0.25) is 10.1 Å². The predicted octanol–water partition coefficient (Wildman–Crippen LogP) is 1.98. The van der Waals surface area contributed by atoms with Crippen LogP contribution in [0.4, 0.5) is 5.69 Å². The quantitative estimate of drug-likeness (QED) is 0.674. The van der Waals surface area contributed by atoms with Crippen molar-refractivity contribution in [3.63, 3.8) is 0 Å². The lowest BCUT2D eigenvalue weighted by atomic mass is 10.0. The highest BCUT2D eigenvalue weighted by Gasteiger charge is 2.26. The summed E-state index contributed by atoms with van der Waals surface area (Å²) in [4.78, 5) is 14.4. The number of benzene rings is 1. The van der Waals surface area contributed by atoms with Gasteiger partial charge in [0.1, 0.15) is 0 Å². The van der Waals surface area contributed by atoms with Crippen LogP contribution in [0, 0.1) is 16.0 Å². The summed E-state index contributed by atoms with van der Waals surface area (Å²) in [5, 5.41) is 14.0. The number of rotatable bonds is 4. The smallest absolute Gasteiger partial charge is 0.271 e. The molecule has 2 aromatic rings. The molecule has 9 heteroatoms. The van der Waals surface area contributed by atoms with E-state index in [4.69, 9.17) is 0 Å². The van der Waals surface area contributed by atoms with E-state index in [1.807, 2.05) is 0 Å². The molecule has 0 saturated carbocycles. The average Bonchev–Trinajstić information content (AvgIpc) is 2.91. The minimum atomic E-state index is -3.46. The van der Waals surface area contributed by atoms with Crippen LogP contribution in [0.1, 0.15) is 12.8 Å². The zero-order chi connectivity index (χ0) is 15.7. The van der Waals surface area contributed by atoms with Gasteiger partial charge in [-0.05, 0) is 37.9 Å². The Kier molecular flexibility index (Phi) is 4.11. The van der Waals surface area contributed by atoms with Gasteiger partial charge in [-0.2, -0.15) is 0 Å². The van der Waals surface area contributed by atoms with Crippen LogP contribution in [0.5, 0.6) is 0 Å². The zero-order valence-electron chi connectivity index (χ0n) is 11.7. The van der Waals surface area contributed by atoms with Crippen LogP contribution in [0.25, 0.3) is 10.2 Å². The summed E-state index contributed by atoms with van der Waals surface area (Å²) in [6.07, 6.45) is 1.87. The van der Waals surface area contributed by atoms with Gasteiger partial charge in [-0.25, -0.2) is 13.4 Å². The fraction of sp³-hybridized carbons (Fsp3) is 0.462. The first kappa shape index (κ1) is 15.3. The van der Waals surface area contributed by atoms with Crippen LogP contribution in [-0.4, -0.2) is 37.2 Å². The highest BCUT2D eigenvalue weighted by atomic mass is 32.2. The van der Waals surface area contributed by atoms with E-state index in [-0.39, 0.29) is 21.7 Å². The van der Waals surface area contributed by atoms with Crippen molar-refractivity contribution in [2.24, 2.45) is 5.92 Å². The highest BCUT2D eigenvalue weighted by molar-refractivity contribution is 7.93. The summed E-state index contributed by atoms with van der Waals surface area (Å²) in [6, 6.07) is 4.22. The first-order valence-corrected chi connectivity index (χ1v) is 9.41. The van der Waals surface area contributed by atoms with Gasteiger partial charge in [0.2, 0.25) is 14.2 Å². The Hall–Kier alpha value is -1.58. The predicted molar refractivity (Wildman–Crippen MR) is 83.9 cm³/mol. The lowest BCUT2D eigenvalue weighted by Gasteiger charge is -2.21. The molecule has 0 spiro atoms. The van der Waals surface area contributed by atoms with Crippen LogP contribution >= 0.6 is 11.3 Å². The molecule has 1 aromatic carbocycles. The number of hydrogen-bond donors (Lipinski definition) is 1. The topological polar surface area (TPSA) is 102 Å². The lowest BCUT2D eigenvalue weighted by molar-refractivity contribution is -0.384. The third-order valence-electron chi connectivity index (χ3n) is 3.68. The number of aromatic nitrogens is 1. The number of non-ortho nitro benzene ring substituents is 1. The molecule has 0 radical (unpaired) electrons. The molecule has 3 rings (SSSR count). The molecule has 1 N–H and O–H groups in total. The largest absolute Gasteiger partial charge is 0.316 e. The Labute approximate surface area is 131 Å². The lowest BCUT2D eigenvalue weighted by Crippen LogP contribution is -2.33. The molecule has 1 fully saturated rings. The molecule has 0 aliphatic carbocycles. The van der Waals surface area contributed by atoms with Crippen molar-refractivity contribution < 1.29 is 13.3 Å². The number of nitrogens with one attached hydrogen (secondary N) is 1. The second kappa shape index (κ2) is 5.90. The van der Waals surface area contributed by atoms with E-state index in [0.717, 1.165) is 30.7 Å². The maximum Gasteiger partial charge on any atom is 0.271 e. The molecule has 2 heterocycles. The minimum absolute atomic E-state index is 0.0496. The zero-order valence-corrected chi connectivity index (χ0v) is 13.3. The van der Waals surface area contributed by atoms with Crippen molar-refractivity contribution in [3.8, 4) is 0 Å². The fourth-order valence-corrected chi connectivity index (χ4v) is 5.53. The van der Waals surface area contributed by atoms with Crippen LogP contribution < -0.4 is 5.32 Å².